The number of hydrogen-bond acceptors (Lipinski definition) is 4. The van der Waals surface area contributed by atoms with E-state index in [1.165, 1.54) is 7.11 Å². The van der Waals surface area contributed by atoms with Gasteiger partial charge in [-0.25, -0.2) is 0 Å². The van der Waals surface area contributed by atoms with Crippen LogP contribution in [0, 0.1) is 11.8 Å². The summed E-state index contributed by atoms with van der Waals surface area (Å²) in [6.07, 6.45) is 1.56. The Bertz CT molecular complexity index is 652. The molecule has 2 aliphatic rings. The fraction of sp³-hybridized carbons (Fsp3) is 0.684. The second kappa shape index (κ2) is 6.70. The lowest BCUT2D eigenvalue weighted by molar-refractivity contribution is -0.0191. The first-order valence-corrected chi connectivity index (χ1v) is 8.49. The summed E-state index contributed by atoms with van der Waals surface area (Å²) in [5, 5.41) is 10.7. The molecule has 1 N–H and O–H groups in total. The van der Waals surface area contributed by atoms with Gasteiger partial charge in [-0.2, -0.15) is 0 Å². The third-order valence-electron chi connectivity index (χ3n) is 5.01. The number of aliphatic hydroxyl groups excluding tert-OH is 1. The minimum Gasteiger partial charge on any atom is -0.493 e. The number of piperidine rings is 1. The fourth-order valence-corrected chi connectivity index (χ4v) is 3.90. The number of methoxy groups -OCH3 is 2. The van der Waals surface area contributed by atoms with Gasteiger partial charge in [0.2, 0.25) is 0 Å². The fourth-order valence-electron chi connectivity index (χ4n) is 3.90. The van der Waals surface area contributed by atoms with Crippen LogP contribution in [0.1, 0.15) is 46.6 Å². The maximum Gasteiger partial charge on any atom is 0.161 e. The highest BCUT2D eigenvalue weighted by atomic mass is 16.5. The van der Waals surface area contributed by atoms with Crippen molar-refractivity contribution in [1.29, 1.82) is 0 Å². The van der Waals surface area contributed by atoms with E-state index in [1.54, 1.807) is 7.11 Å². The van der Waals surface area contributed by atoms with Gasteiger partial charge in [0.1, 0.15) is 0 Å². The Morgan fingerprint density at radius 3 is 2.78 bits per heavy atom. The van der Waals surface area contributed by atoms with Crippen LogP contribution in [0.3, 0.4) is 0 Å². The average Bonchev–Trinajstić information content (AvgIpc) is 2.54. The predicted molar refractivity (Wildman–Crippen MR) is 91.1 cm³/mol. The highest BCUT2D eigenvalue weighted by molar-refractivity contribution is 5.49. The van der Waals surface area contributed by atoms with Crippen molar-refractivity contribution in [2.45, 2.75) is 45.2 Å². The predicted octanol–water partition coefficient (Wildman–Crippen LogP) is 3.03. The number of rotatable bonds is 4. The van der Waals surface area contributed by atoms with Gasteiger partial charge in [0, 0.05) is 19.1 Å². The molecule has 0 amide bonds. The van der Waals surface area contributed by atoms with Gasteiger partial charge in [-0.1, -0.05) is 13.8 Å². The van der Waals surface area contributed by atoms with Crippen molar-refractivity contribution in [2.24, 2.45) is 11.8 Å². The molecule has 3 atom stereocenters. The smallest absolute Gasteiger partial charge is 0.161 e. The Morgan fingerprint density at radius 1 is 1.39 bits per heavy atom. The lowest BCUT2D eigenvalue weighted by Gasteiger charge is -2.46. The number of fused-ring (bicyclic) bond motifs is 3. The molecule has 128 valence electrons. The van der Waals surface area contributed by atoms with Crippen LogP contribution < -0.4 is 9.47 Å². The maximum absolute atomic E-state index is 10.7. The summed E-state index contributed by atoms with van der Waals surface area (Å²) in [6, 6.07) is 1.04. The van der Waals surface area contributed by atoms with E-state index in [2.05, 4.69) is 18.7 Å². The molecule has 4 nitrogen and oxygen atoms in total. The van der Waals surface area contributed by atoms with E-state index in [0.717, 1.165) is 24.9 Å². The zero-order valence-corrected chi connectivity index (χ0v) is 14.6. The molecule has 1 fully saturated rings. The first-order valence-electron chi connectivity index (χ1n) is 9.49. The van der Waals surface area contributed by atoms with E-state index < -0.39 is 12.1 Å². The van der Waals surface area contributed by atoms with Crippen LogP contribution >= 0.6 is 0 Å². The van der Waals surface area contributed by atoms with E-state index in [9.17, 15) is 5.11 Å². The van der Waals surface area contributed by atoms with Crippen LogP contribution in [0.2, 0.25) is 0 Å². The van der Waals surface area contributed by atoms with Crippen molar-refractivity contribution in [3.63, 3.8) is 0 Å². The molecule has 1 saturated heterocycles. The molecule has 23 heavy (non-hydrogen) atoms. The molecule has 0 aliphatic carbocycles. The molecule has 2 aliphatic heterocycles. The molecule has 0 radical (unpaired) electrons. The molecule has 4 heteroatoms. The standard InChI is InChI=1S/C19H29NO3/c1-12(2)7-14-11-20-6-5-13-8-18(22-3)19(23-4)9-15(13)16(20)10-17(14)21/h8-9,12,14,16-17,21H,5-7,10-11H2,1-4H3/i9D,16D. The Morgan fingerprint density at radius 2 is 2.13 bits per heavy atom. The van der Waals surface area contributed by atoms with E-state index >= 15 is 0 Å². The monoisotopic (exact) mass is 321 g/mol. The second-order valence-electron chi connectivity index (χ2n) is 7.08. The summed E-state index contributed by atoms with van der Waals surface area (Å²) >= 11 is 0. The van der Waals surface area contributed by atoms with E-state index in [1.807, 2.05) is 6.07 Å². The number of hydrogen-bond donors (Lipinski definition) is 1. The van der Waals surface area contributed by atoms with Crippen LogP contribution in [-0.4, -0.2) is 43.4 Å². The molecule has 3 unspecified atom stereocenters. The first kappa shape index (κ1) is 14.1. The summed E-state index contributed by atoms with van der Waals surface area (Å²) < 4.78 is 28.5. The largest absolute Gasteiger partial charge is 0.493 e. The van der Waals surface area contributed by atoms with Gasteiger partial charge in [0.05, 0.1) is 23.1 Å². The van der Waals surface area contributed by atoms with Crippen LogP contribution in [0.4, 0.5) is 0 Å². The number of aliphatic hydroxyl groups is 1. The normalized spacial score (nSPS) is 31.9. The molecule has 1 aromatic carbocycles. The molecule has 0 aromatic heterocycles. The molecular weight excluding hydrogens is 290 g/mol. The molecule has 2 heterocycles. The molecule has 0 bridgehead atoms. The number of ether oxygens (including phenoxy) is 2. The van der Waals surface area contributed by atoms with Gasteiger partial charge in [0.25, 0.3) is 0 Å². The van der Waals surface area contributed by atoms with Crippen LogP contribution in [0.15, 0.2) is 12.1 Å². The molecular formula is C19H29NO3. The maximum atomic E-state index is 10.7. The zero-order chi connectivity index (χ0) is 18.4. The Labute approximate surface area is 142 Å². The van der Waals surface area contributed by atoms with Crippen molar-refractivity contribution in [3.8, 4) is 11.5 Å². The topological polar surface area (TPSA) is 41.9 Å². The second-order valence-corrected chi connectivity index (χ2v) is 7.08. The van der Waals surface area contributed by atoms with Crippen LogP contribution in [0.25, 0.3) is 0 Å². The number of nitrogens with zero attached hydrogens (tertiary/aromatic N) is 1. The quantitative estimate of drug-likeness (QED) is 0.925. The lowest BCUT2D eigenvalue weighted by atomic mass is 9.79. The Hall–Kier alpha value is -1.26. The van der Waals surface area contributed by atoms with Crippen molar-refractivity contribution in [1.82, 2.24) is 4.90 Å². The average molecular weight is 321 g/mol. The molecule has 0 spiro atoms. The summed E-state index contributed by atoms with van der Waals surface area (Å²) in [6.45, 7) is 5.81. The van der Waals surface area contributed by atoms with Crippen LogP contribution in [0.5, 0.6) is 11.5 Å². The summed E-state index contributed by atoms with van der Waals surface area (Å²) in [5.74, 6) is 1.62. The summed E-state index contributed by atoms with van der Waals surface area (Å²) in [7, 11) is 3.09. The van der Waals surface area contributed by atoms with Gasteiger partial charge in [-0.3, -0.25) is 4.90 Å². The minimum atomic E-state index is -1.07. The molecule has 0 saturated carbocycles. The van der Waals surface area contributed by atoms with E-state index in [-0.39, 0.29) is 12.0 Å². The highest BCUT2D eigenvalue weighted by Crippen LogP contribution is 2.43. The molecule has 3 rings (SSSR count). The van der Waals surface area contributed by atoms with E-state index in [4.69, 9.17) is 12.2 Å². The lowest BCUT2D eigenvalue weighted by Crippen LogP contribution is -2.48. The Balaban J connectivity index is 2.03. The first-order chi connectivity index (χ1) is 11.8. The summed E-state index contributed by atoms with van der Waals surface area (Å²) in [5.41, 5.74) is 1.63. The van der Waals surface area contributed by atoms with Crippen molar-refractivity contribution in [3.05, 3.63) is 23.2 Å². The van der Waals surface area contributed by atoms with Gasteiger partial charge in [-0.05, 0) is 54.3 Å². The highest BCUT2D eigenvalue weighted by Gasteiger charge is 2.38. The van der Waals surface area contributed by atoms with Gasteiger partial charge < -0.3 is 14.6 Å². The summed E-state index contributed by atoms with van der Waals surface area (Å²) in [4.78, 5) is 2.14. The molecule has 1 aromatic rings. The minimum absolute atomic E-state index is 0.189. The van der Waals surface area contributed by atoms with E-state index in [0.29, 0.717) is 35.9 Å². The van der Waals surface area contributed by atoms with Gasteiger partial charge in [-0.15, -0.1) is 0 Å². The third kappa shape index (κ3) is 3.20. The number of benzene rings is 1. The van der Waals surface area contributed by atoms with Crippen molar-refractivity contribution >= 4 is 0 Å². The van der Waals surface area contributed by atoms with Crippen molar-refractivity contribution < 1.29 is 17.3 Å². The van der Waals surface area contributed by atoms with Crippen LogP contribution in [-0.2, 0) is 6.42 Å². The SMILES string of the molecule is [2H]c1c(OC)c(OC)cc2c1C1([2H])CC(O)C(CC(C)C)CN1CC2. The third-order valence-corrected chi connectivity index (χ3v) is 5.01. The van der Waals surface area contributed by atoms with Gasteiger partial charge >= 0.3 is 0 Å². The Kier molecular flexibility index (Phi) is 4.11. The van der Waals surface area contributed by atoms with Gasteiger partial charge in [0.15, 0.2) is 11.5 Å². The zero-order valence-electron chi connectivity index (χ0n) is 16.6. The van der Waals surface area contributed by atoms with Crippen molar-refractivity contribution in [2.75, 3.05) is 27.3 Å².